The highest BCUT2D eigenvalue weighted by atomic mass is 32.2. The molecule has 0 radical (unpaired) electrons. The number of nitrogens with one attached hydrogen (secondary N) is 1. The molecule has 3 fully saturated rings. The monoisotopic (exact) mass is 434 g/mol. The van der Waals surface area contributed by atoms with Crippen LogP contribution in [0.3, 0.4) is 0 Å². The van der Waals surface area contributed by atoms with Gasteiger partial charge in [0, 0.05) is 50.9 Å². The van der Waals surface area contributed by atoms with Crippen LogP contribution in [0.5, 0.6) is 0 Å². The van der Waals surface area contributed by atoms with Crippen molar-refractivity contribution in [2.75, 3.05) is 37.6 Å². The van der Waals surface area contributed by atoms with Gasteiger partial charge in [-0.15, -0.1) is 0 Å². The predicted octanol–water partition coefficient (Wildman–Crippen LogP) is 2.16. The van der Waals surface area contributed by atoms with E-state index >= 15 is 0 Å². The van der Waals surface area contributed by atoms with Crippen LogP contribution < -0.4 is 10.2 Å². The molecule has 30 heavy (non-hydrogen) atoms. The van der Waals surface area contributed by atoms with Gasteiger partial charge in [0.1, 0.15) is 0 Å². The molecule has 4 rings (SSSR count). The number of amides is 3. The molecule has 9 heteroatoms. The van der Waals surface area contributed by atoms with Gasteiger partial charge in [0.15, 0.2) is 0 Å². The third-order valence-corrected chi connectivity index (χ3v) is 8.23. The number of anilines is 1. The van der Waals surface area contributed by atoms with Crippen LogP contribution in [0.15, 0.2) is 29.2 Å². The van der Waals surface area contributed by atoms with Crippen LogP contribution in [-0.4, -0.2) is 68.3 Å². The maximum absolute atomic E-state index is 13.0. The number of carbonyl (C=O) groups excluding carboxylic acids is 2. The van der Waals surface area contributed by atoms with Gasteiger partial charge in [0.2, 0.25) is 15.9 Å². The number of carbonyl (C=O) groups is 2. The molecule has 164 valence electrons. The molecule has 1 aromatic rings. The topological polar surface area (TPSA) is 90.0 Å². The average Bonchev–Trinajstić information content (AvgIpc) is 3.20. The lowest BCUT2D eigenvalue weighted by atomic mass is 9.96. The fourth-order valence-electron chi connectivity index (χ4n) is 4.51. The number of nitrogens with zero attached hydrogens (tertiary/aromatic N) is 3. The summed E-state index contributed by atoms with van der Waals surface area (Å²) in [6, 6.07) is 6.69. The van der Waals surface area contributed by atoms with Gasteiger partial charge in [-0.25, -0.2) is 13.2 Å². The summed E-state index contributed by atoms with van der Waals surface area (Å²) in [6.45, 7) is 2.02. The quantitative estimate of drug-likeness (QED) is 0.786. The number of urea groups is 1. The summed E-state index contributed by atoms with van der Waals surface area (Å²) < 4.78 is 27.4. The molecule has 1 aliphatic carbocycles. The Morgan fingerprint density at radius 1 is 0.900 bits per heavy atom. The Morgan fingerprint density at radius 3 is 2.17 bits per heavy atom. The minimum atomic E-state index is -3.62. The van der Waals surface area contributed by atoms with Crippen molar-refractivity contribution in [3.8, 4) is 0 Å². The van der Waals surface area contributed by atoms with Crippen LogP contribution >= 0.6 is 0 Å². The molecule has 0 spiro atoms. The van der Waals surface area contributed by atoms with Crippen molar-refractivity contribution in [3.05, 3.63) is 24.3 Å². The SMILES string of the molecule is O=C(NC1CCCCC1)N1CCN(S(=O)(=O)c2ccc(N3CCCC3=O)cc2)CC1. The van der Waals surface area contributed by atoms with Gasteiger partial charge < -0.3 is 15.1 Å². The second-order valence-electron chi connectivity index (χ2n) is 8.32. The van der Waals surface area contributed by atoms with Crippen molar-refractivity contribution >= 4 is 27.6 Å². The maximum atomic E-state index is 13.0. The lowest BCUT2D eigenvalue weighted by molar-refractivity contribution is -0.117. The standard InChI is InChI=1S/C21H30N4O4S/c26-20-7-4-12-25(20)18-8-10-19(11-9-18)30(28,29)24-15-13-23(14-16-24)21(27)22-17-5-2-1-3-6-17/h8-11,17H,1-7,12-16H2,(H,22,27). The third-order valence-electron chi connectivity index (χ3n) is 6.32. The first-order valence-corrected chi connectivity index (χ1v) is 12.4. The van der Waals surface area contributed by atoms with Crippen molar-refractivity contribution in [1.82, 2.24) is 14.5 Å². The molecular formula is C21H30N4O4S. The molecule has 3 aliphatic rings. The lowest BCUT2D eigenvalue weighted by Crippen LogP contribution is -2.54. The first-order chi connectivity index (χ1) is 14.4. The summed E-state index contributed by atoms with van der Waals surface area (Å²) in [5.41, 5.74) is 0.737. The van der Waals surface area contributed by atoms with Crippen molar-refractivity contribution in [3.63, 3.8) is 0 Å². The molecule has 1 saturated carbocycles. The predicted molar refractivity (Wildman–Crippen MR) is 114 cm³/mol. The molecule has 1 aromatic carbocycles. The number of rotatable bonds is 4. The normalized spacial score (nSPS) is 21.8. The zero-order valence-corrected chi connectivity index (χ0v) is 18.1. The van der Waals surface area contributed by atoms with Crippen LogP contribution in [-0.2, 0) is 14.8 Å². The smallest absolute Gasteiger partial charge is 0.317 e. The van der Waals surface area contributed by atoms with Gasteiger partial charge in [-0.05, 0) is 43.5 Å². The highest BCUT2D eigenvalue weighted by Crippen LogP contribution is 2.25. The van der Waals surface area contributed by atoms with Crippen molar-refractivity contribution in [1.29, 1.82) is 0 Å². The molecular weight excluding hydrogens is 404 g/mol. The molecule has 0 atom stereocenters. The van der Waals surface area contributed by atoms with Crippen LogP contribution in [0.4, 0.5) is 10.5 Å². The fourth-order valence-corrected chi connectivity index (χ4v) is 5.93. The first kappa shape index (κ1) is 21.1. The van der Waals surface area contributed by atoms with Crippen LogP contribution in [0.2, 0.25) is 0 Å². The molecule has 2 saturated heterocycles. The minimum Gasteiger partial charge on any atom is -0.335 e. The van der Waals surface area contributed by atoms with Crippen molar-refractivity contribution in [2.24, 2.45) is 0 Å². The van der Waals surface area contributed by atoms with E-state index in [0.29, 0.717) is 26.1 Å². The lowest BCUT2D eigenvalue weighted by Gasteiger charge is -2.35. The van der Waals surface area contributed by atoms with Crippen LogP contribution in [0, 0.1) is 0 Å². The Balaban J connectivity index is 1.34. The largest absolute Gasteiger partial charge is 0.335 e. The fraction of sp³-hybridized carbons (Fsp3) is 0.619. The third kappa shape index (κ3) is 4.46. The van der Waals surface area contributed by atoms with Gasteiger partial charge in [0.05, 0.1) is 4.90 Å². The highest BCUT2D eigenvalue weighted by molar-refractivity contribution is 7.89. The second-order valence-corrected chi connectivity index (χ2v) is 10.3. The van der Waals surface area contributed by atoms with E-state index in [2.05, 4.69) is 5.32 Å². The minimum absolute atomic E-state index is 0.0771. The van der Waals surface area contributed by atoms with E-state index in [1.54, 1.807) is 34.1 Å². The summed E-state index contributed by atoms with van der Waals surface area (Å²) in [4.78, 5) is 28.0. The molecule has 1 N–H and O–H groups in total. The zero-order valence-electron chi connectivity index (χ0n) is 17.3. The highest BCUT2D eigenvalue weighted by Gasteiger charge is 2.31. The maximum Gasteiger partial charge on any atom is 0.317 e. The molecule has 8 nitrogen and oxygen atoms in total. The van der Waals surface area contributed by atoms with Gasteiger partial charge in [-0.2, -0.15) is 4.31 Å². The second kappa shape index (κ2) is 8.93. The number of sulfonamides is 1. The van der Waals surface area contributed by atoms with E-state index in [9.17, 15) is 18.0 Å². The molecule has 0 aromatic heterocycles. The number of hydrogen-bond donors (Lipinski definition) is 1. The Labute approximate surface area is 178 Å². The van der Waals surface area contributed by atoms with E-state index < -0.39 is 10.0 Å². The number of hydrogen-bond acceptors (Lipinski definition) is 4. The summed E-state index contributed by atoms with van der Waals surface area (Å²) in [5, 5.41) is 3.10. The van der Waals surface area contributed by atoms with E-state index in [1.807, 2.05) is 0 Å². The van der Waals surface area contributed by atoms with Crippen molar-refractivity contribution in [2.45, 2.75) is 55.9 Å². The Hall–Kier alpha value is -2.13. The van der Waals surface area contributed by atoms with E-state index in [-0.39, 0.29) is 36.0 Å². The molecule has 0 bridgehead atoms. The van der Waals surface area contributed by atoms with Gasteiger partial charge >= 0.3 is 6.03 Å². The van der Waals surface area contributed by atoms with E-state index in [4.69, 9.17) is 0 Å². The summed E-state index contributed by atoms with van der Waals surface area (Å²) in [5.74, 6) is 0.0771. The Bertz CT molecular complexity index is 873. The molecule has 2 aliphatic heterocycles. The Kier molecular flexibility index (Phi) is 6.29. The van der Waals surface area contributed by atoms with Crippen LogP contribution in [0.1, 0.15) is 44.9 Å². The Morgan fingerprint density at radius 2 is 1.57 bits per heavy atom. The van der Waals surface area contributed by atoms with E-state index in [0.717, 1.165) is 37.8 Å². The number of piperazine rings is 1. The van der Waals surface area contributed by atoms with Gasteiger partial charge in [-0.1, -0.05) is 19.3 Å². The van der Waals surface area contributed by atoms with E-state index in [1.165, 1.54) is 10.7 Å². The van der Waals surface area contributed by atoms with Gasteiger partial charge in [0.25, 0.3) is 0 Å². The zero-order chi connectivity index (χ0) is 21.1. The molecule has 2 heterocycles. The summed E-state index contributed by atoms with van der Waals surface area (Å²) >= 11 is 0. The molecule has 3 amide bonds. The first-order valence-electron chi connectivity index (χ1n) is 10.9. The molecule has 0 unspecified atom stereocenters. The summed E-state index contributed by atoms with van der Waals surface area (Å²) in [7, 11) is -3.62. The van der Waals surface area contributed by atoms with Crippen molar-refractivity contribution < 1.29 is 18.0 Å². The summed E-state index contributed by atoms with van der Waals surface area (Å²) in [6.07, 6.45) is 6.97. The average molecular weight is 435 g/mol. The van der Waals surface area contributed by atoms with Gasteiger partial charge in [-0.3, -0.25) is 4.79 Å². The van der Waals surface area contributed by atoms with Crippen LogP contribution in [0.25, 0.3) is 0 Å². The number of benzene rings is 1.